The molecule has 170 valence electrons. The van der Waals surface area contributed by atoms with Gasteiger partial charge in [0.25, 0.3) is 0 Å². The number of allylic oxidation sites excluding steroid dienone is 1. The Balaban J connectivity index is 2.90. The van der Waals surface area contributed by atoms with Gasteiger partial charge in [-0.05, 0) is 25.7 Å². The minimum absolute atomic E-state index is 0.0152. The molecular formula is C18H30N4O8. The Labute approximate surface area is 173 Å². The van der Waals surface area contributed by atoms with Gasteiger partial charge in [-0.15, -0.1) is 0 Å². The quantitative estimate of drug-likeness (QED) is 0.139. The minimum Gasteiger partial charge on any atom is -0.548 e. The first-order chi connectivity index (χ1) is 13.9. The van der Waals surface area contributed by atoms with Gasteiger partial charge in [0.2, 0.25) is 0 Å². The van der Waals surface area contributed by atoms with Crippen LogP contribution in [0.3, 0.4) is 0 Å². The van der Waals surface area contributed by atoms with Crippen molar-refractivity contribution in [3.63, 3.8) is 0 Å². The number of carbonyl (C=O) groups excluding carboxylic acids is 1. The molecule has 0 aromatic rings. The summed E-state index contributed by atoms with van der Waals surface area (Å²) >= 11 is 0. The summed E-state index contributed by atoms with van der Waals surface area (Å²) in [5.41, 5.74) is 17.3. The molecule has 0 saturated heterocycles. The van der Waals surface area contributed by atoms with Gasteiger partial charge in [0, 0.05) is 23.6 Å². The van der Waals surface area contributed by atoms with Crippen molar-refractivity contribution in [2.75, 3.05) is 13.1 Å². The third kappa shape index (κ3) is 8.08. The molecule has 0 aliphatic carbocycles. The molecule has 0 aromatic carbocycles. The van der Waals surface area contributed by atoms with E-state index in [9.17, 15) is 29.7 Å². The largest absolute Gasteiger partial charge is 0.548 e. The standard InChI is InChI=1S/C18H30N4O8/c19-12(16(25)26)3-1-9-6-22(7-10(23)2-4-13(20)17(27)28)8-15(24)11(9)5-14(21)18(29)30/h6,10,12-14,23-24H,1-5,7-8,19-21H2,(H,25,26)(H,27,28)(H,29,30). The van der Waals surface area contributed by atoms with Crippen molar-refractivity contribution >= 4 is 17.9 Å². The highest BCUT2D eigenvalue weighted by Crippen LogP contribution is 2.24. The number of aliphatic carboxylic acids is 3. The van der Waals surface area contributed by atoms with Gasteiger partial charge >= 0.3 is 11.9 Å². The number of rotatable bonds is 13. The minimum atomic E-state index is -1.41. The molecule has 0 aromatic heterocycles. The van der Waals surface area contributed by atoms with E-state index in [1.165, 1.54) is 0 Å². The normalized spacial score (nSPS) is 20.8. The smallest absolute Gasteiger partial charge is 0.320 e. The van der Waals surface area contributed by atoms with Crippen LogP contribution < -0.4 is 27.2 Å². The SMILES string of the molecule is NC(CCC(O)C[NH+]1C=C(CCC(N)C(=O)O)C(CC(N)C(=O)O)=C(O)C1)C(=O)[O-]. The highest BCUT2D eigenvalue weighted by atomic mass is 16.4. The van der Waals surface area contributed by atoms with Gasteiger partial charge < -0.3 is 47.5 Å². The number of carboxylic acid groups (broad SMARTS) is 3. The molecule has 1 aliphatic heterocycles. The van der Waals surface area contributed by atoms with Crippen LogP contribution >= 0.6 is 0 Å². The van der Waals surface area contributed by atoms with E-state index in [1.807, 2.05) is 0 Å². The summed E-state index contributed by atoms with van der Waals surface area (Å²) in [6.45, 7) is 0.177. The summed E-state index contributed by atoms with van der Waals surface area (Å²) < 4.78 is 0. The molecule has 0 spiro atoms. The van der Waals surface area contributed by atoms with Crippen molar-refractivity contribution in [3.8, 4) is 0 Å². The third-order valence-corrected chi connectivity index (χ3v) is 4.90. The molecule has 1 rings (SSSR count). The Morgan fingerprint density at radius 3 is 2.17 bits per heavy atom. The average molecular weight is 430 g/mol. The maximum atomic E-state index is 11.1. The second-order valence-electron chi connectivity index (χ2n) is 7.42. The Bertz CT molecular complexity index is 708. The Kier molecular flexibility index (Phi) is 9.89. The third-order valence-electron chi connectivity index (χ3n) is 4.90. The number of quaternary nitrogens is 1. The van der Waals surface area contributed by atoms with Crippen LogP contribution in [0.25, 0.3) is 0 Å². The van der Waals surface area contributed by atoms with E-state index in [4.69, 9.17) is 27.4 Å². The van der Waals surface area contributed by atoms with Crippen LogP contribution in [-0.4, -0.2) is 75.7 Å². The van der Waals surface area contributed by atoms with Gasteiger partial charge in [-0.3, -0.25) is 14.5 Å². The first-order valence-electron chi connectivity index (χ1n) is 9.50. The number of aliphatic hydroxyl groups excluding tert-OH is 2. The fraction of sp³-hybridized carbons (Fsp3) is 0.611. The molecule has 0 bridgehead atoms. The van der Waals surface area contributed by atoms with Gasteiger partial charge in [-0.25, -0.2) is 0 Å². The molecular weight excluding hydrogens is 400 g/mol. The topological polar surface area (TPSA) is 238 Å². The molecule has 30 heavy (non-hydrogen) atoms. The molecule has 1 aliphatic rings. The Morgan fingerprint density at radius 2 is 1.63 bits per heavy atom. The lowest BCUT2D eigenvalue weighted by Gasteiger charge is -2.27. The van der Waals surface area contributed by atoms with E-state index < -0.39 is 42.1 Å². The summed E-state index contributed by atoms with van der Waals surface area (Å²) in [4.78, 5) is 33.3. The van der Waals surface area contributed by atoms with Crippen molar-refractivity contribution in [1.82, 2.24) is 0 Å². The van der Waals surface area contributed by atoms with Gasteiger partial charge in [0.15, 0.2) is 5.76 Å². The molecule has 12 nitrogen and oxygen atoms in total. The Hall–Kier alpha value is -2.51. The molecule has 0 radical (unpaired) electrons. The number of carbonyl (C=O) groups is 3. The summed E-state index contributed by atoms with van der Waals surface area (Å²) in [5.74, 6) is -3.95. The van der Waals surface area contributed by atoms with Crippen LogP contribution in [0.4, 0.5) is 0 Å². The van der Waals surface area contributed by atoms with E-state index >= 15 is 0 Å². The molecule has 11 N–H and O–H groups in total. The number of nitrogens with two attached hydrogens (primary N) is 3. The van der Waals surface area contributed by atoms with E-state index in [0.717, 1.165) is 0 Å². The second kappa shape index (κ2) is 11.6. The molecule has 5 atom stereocenters. The van der Waals surface area contributed by atoms with Crippen molar-refractivity contribution < 1.29 is 44.8 Å². The second-order valence-corrected chi connectivity index (χ2v) is 7.42. The number of nitrogens with one attached hydrogen (secondary N) is 1. The van der Waals surface area contributed by atoms with Crippen molar-refractivity contribution in [1.29, 1.82) is 0 Å². The first kappa shape index (κ1) is 25.5. The molecule has 1 heterocycles. The zero-order chi connectivity index (χ0) is 23.0. The lowest BCUT2D eigenvalue weighted by molar-refractivity contribution is -0.848. The van der Waals surface area contributed by atoms with Crippen LogP contribution in [-0.2, 0) is 14.4 Å². The van der Waals surface area contributed by atoms with Crippen LogP contribution in [0, 0.1) is 0 Å². The van der Waals surface area contributed by atoms with Crippen LogP contribution in [0.15, 0.2) is 23.1 Å². The van der Waals surface area contributed by atoms with Gasteiger partial charge in [0.05, 0.1) is 12.2 Å². The molecule has 5 unspecified atom stereocenters. The van der Waals surface area contributed by atoms with Crippen LogP contribution in [0.1, 0.15) is 32.1 Å². The summed E-state index contributed by atoms with van der Waals surface area (Å²) in [6.07, 6.45) is 0.935. The van der Waals surface area contributed by atoms with Crippen LogP contribution in [0.2, 0.25) is 0 Å². The molecule has 0 amide bonds. The van der Waals surface area contributed by atoms with Crippen LogP contribution in [0.5, 0.6) is 0 Å². The van der Waals surface area contributed by atoms with Gasteiger partial charge in [-0.1, -0.05) is 0 Å². The molecule has 0 fully saturated rings. The summed E-state index contributed by atoms with van der Waals surface area (Å²) in [6, 6.07) is -3.58. The lowest BCUT2D eigenvalue weighted by Crippen LogP contribution is -3.09. The predicted molar refractivity (Wildman–Crippen MR) is 102 cm³/mol. The van der Waals surface area contributed by atoms with E-state index in [1.54, 1.807) is 6.20 Å². The fourth-order valence-corrected chi connectivity index (χ4v) is 3.13. The first-order valence-corrected chi connectivity index (χ1v) is 9.50. The van der Waals surface area contributed by atoms with Crippen molar-refractivity contribution in [2.45, 2.75) is 56.3 Å². The van der Waals surface area contributed by atoms with Crippen molar-refractivity contribution in [2.24, 2.45) is 17.2 Å². The van der Waals surface area contributed by atoms with Gasteiger partial charge in [-0.2, -0.15) is 0 Å². The van der Waals surface area contributed by atoms with E-state index in [2.05, 4.69) is 0 Å². The zero-order valence-corrected chi connectivity index (χ0v) is 16.5. The number of hydrogen-bond acceptors (Lipinski definition) is 9. The highest BCUT2D eigenvalue weighted by molar-refractivity contribution is 5.74. The number of carboxylic acids is 3. The summed E-state index contributed by atoms with van der Waals surface area (Å²) in [5, 5.41) is 49.3. The zero-order valence-electron chi connectivity index (χ0n) is 16.5. The maximum Gasteiger partial charge on any atom is 0.320 e. The summed E-state index contributed by atoms with van der Waals surface area (Å²) in [7, 11) is 0. The van der Waals surface area contributed by atoms with Gasteiger partial charge in [0.1, 0.15) is 31.3 Å². The number of aliphatic hydroxyl groups is 2. The molecule has 12 heteroatoms. The van der Waals surface area contributed by atoms with E-state index in [0.29, 0.717) is 16.0 Å². The predicted octanol–water partition coefficient (Wildman–Crippen LogP) is -4.21. The number of hydrogen-bond donors (Lipinski definition) is 8. The Morgan fingerprint density at radius 1 is 1.03 bits per heavy atom. The molecule has 0 saturated carbocycles. The lowest BCUT2D eigenvalue weighted by atomic mass is 9.91. The monoisotopic (exact) mass is 430 g/mol. The average Bonchev–Trinajstić information content (AvgIpc) is 2.65. The fourth-order valence-electron chi connectivity index (χ4n) is 3.13. The van der Waals surface area contributed by atoms with E-state index in [-0.39, 0.29) is 51.0 Å². The maximum absolute atomic E-state index is 11.1. The van der Waals surface area contributed by atoms with Crippen molar-refractivity contribution in [3.05, 3.63) is 23.1 Å². The highest BCUT2D eigenvalue weighted by Gasteiger charge is 2.29.